The molecule has 1 fully saturated rings. The smallest absolute Gasteiger partial charge is 0.413 e. The molecule has 1 aliphatic heterocycles. The molecule has 5 amide bonds. The Balaban J connectivity index is 1.73. The first-order valence-electron chi connectivity index (χ1n) is 20.1. The first kappa shape index (κ1) is 48.0. The first-order valence-corrected chi connectivity index (χ1v) is 20.9. The molecule has 0 aromatic carbocycles. The molecule has 1 saturated heterocycles. The largest absolute Gasteiger partial charge is 0.488 e. The summed E-state index contributed by atoms with van der Waals surface area (Å²) in [6.07, 6.45) is 4.61. The van der Waals surface area contributed by atoms with Gasteiger partial charge in [0.05, 0.1) is 37.7 Å². The second kappa shape index (κ2) is 23.9. The number of nitrogens with zero attached hydrogens (tertiary/aromatic N) is 3. The number of oxime groups is 1. The standard InChI is InChI=1S/C39H60N8O11S/c1-9-12-15-54-30-22-47(56-17-14-11-3)25(19-28(30)48)20-40-36(52)41-21-26-31(33(49)42-26)44-34(50)32(27-23-59-37(43-27)45-38(53)57-39(6,7)8)46-58-29(18-24(4)5)35(51)55-16-13-10-2/h19,22-24,26,29,31H,9-18,20-21H2,1-8H3,(H,42,49)(H,44,50)(H2,40,41,52)(H,43,45,53)/b46-32-/t26-,29+,31+/m1/s1. The summed E-state index contributed by atoms with van der Waals surface area (Å²) < 4.78 is 17.7. The number of pyridine rings is 1. The van der Waals surface area contributed by atoms with Crippen molar-refractivity contribution < 1.29 is 47.9 Å². The molecule has 19 nitrogen and oxygen atoms in total. The fourth-order valence-corrected chi connectivity index (χ4v) is 5.81. The lowest BCUT2D eigenvalue weighted by Gasteiger charge is -2.37. The lowest BCUT2D eigenvalue weighted by atomic mass is 9.98. The summed E-state index contributed by atoms with van der Waals surface area (Å²) in [6.45, 7) is 15.7. The van der Waals surface area contributed by atoms with Gasteiger partial charge >= 0.3 is 18.1 Å². The number of amides is 5. The van der Waals surface area contributed by atoms with E-state index in [0.29, 0.717) is 25.3 Å². The van der Waals surface area contributed by atoms with Crippen LogP contribution in [0.3, 0.4) is 0 Å². The van der Waals surface area contributed by atoms with E-state index in [1.807, 2.05) is 34.6 Å². The van der Waals surface area contributed by atoms with Crippen molar-refractivity contribution in [1.82, 2.24) is 31.0 Å². The van der Waals surface area contributed by atoms with Crippen molar-refractivity contribution in [2.45, 2.75) is 131 Å². The van der Waals surface area contributed by atoms with Gasteiger partial charge in [-0.2, -0.15) is 4.73 Å². The minimum Gasteiger partial charge on any atom is -0.488 e. The number of esters is 1. The van der Waals surface area contributed by atoms with Crippen LogP contribution in [0.1, 0.15) is 112 Å². The highest BCUT2D eigenvalue weighted by molar-refractivity contribution is 7.14. The number of urea groups is 1. The Morgan fingerprint density at radius 2 is 1.69 bits per heavy atom. The molecule has 59 heavy (non-hydrogen) atoms. The van der Waals surface area contributed by atoms with Crippen LogP contribution in [0.2, 0.25) is 0 Å². The topological polar surface area (TPSA) is 239 Å². The maximum absolute atomic E-state index is 13.8. The normalized spacial score (nSPS) is 15.6. The van der Waals surface area contributed by atoms with E-state index in [-0.39, 0.29) is 59.8 Å². The van der Waals surface area contributed by atoms with Crippen LogP contribution in [-0.2, 0) is 35.2 Å². The summed E-state index contributed by atoms with van der Waals surface area (Å²) in [5, 5.41) is 18.7. The number of carbonyl (C=O) groups is 5. The lowest BCUT2D eigenvalue weighted by Crippen LogP contribution is -2.72. The summed E-state index contributed by atoms with van der Waals surface area (Å²) in [5.74, 6) is -1.91. The van der Waals surface area contributed by atoms with E-state index in [4.69, 9.17) is 23.9 Å². The van der Waals surface area contributed by atoms with Crippen LogP contribution in [0.25, 0.3) is 0 Å². The molecule has 3 heterocycles. The summed E-state index contributed by atoms with van der Waals surface area (Å²) >= 11 is 0.981. The second-order valence-corrected chi connectivity index (χ2v) is 16.0. The van der Waals surface area contributed by atoms with Crippen molar-refractivity contribution in [2.24, 2.45) is 11.1 Å². The number of anilines is 1. The van der Waals surface area contributed by atoms with Crippen LogP contribution in [0.4, 0.5) is 14.7 Å². The van der Waals surface area contributed by atoms with Crippen molar-refractivity contribution in [3.63, 3.8) is 0 Å². The highest BCUT2D eigenvalue weighted by Gasteiger charge is 2.41. The average molecular weight is 849 g/mol. The fourth-order valence-electron chi connectivity index (χ4n) is 5.13. The average Bonchev–Trinajstić information content (AvgIpc) is 3.62. The van der Waals surface area contributed by atoms with E-state index < -0.39 is 53.7 Å². The molecular weight excluding hydrogens is 789 g/mol. The molecule has 5 N–H and O–H groups in total. The predicted octanol–water partition coefficient (Wildman–Crippen LogP) is 4.02. The molecule has 0 radical (unpaired) electrons. The molecule has 0 saturated carbocycles. The van der Waals surface area contributed by atoms with Crippen LogP contribution >= 0.6 is 11.3 Å². The molecule has 0 unspecified atom stereocenters. The van der Waals surface area contributed by atoms with Crippen molar-refractivity contribution in [3.8, 4) is 5.75 Å². The van der Waals surface area contributed by atoms with Gasteiger partial charge < -0.3 is 45.2 Å². The number of ether oxygens (including phenoxy) is 3. The van der Waals surface area contributed by atoms with E-state index in [1.54, 1.807) is 20.8 Å². The molecule has 0 aliphatic carbocycles. The highest BCUT2D eigenvalue weighted by atomic mass is 32.1. The van der Waals surface area contributed by atoms with Gasteiger partial charge in [-0.05, 0) is 46.0 Å². The van der Waals surface area contributed by atoms with E-state index in [1.165, 1.54) is 22.4 Å². The number of unbranched alkanes of at least 4 members (excludes halogenated alkanes) is 3. The summed E-state index contributed by atoms with van der Waals surface area (Å²) in [6, 6.07) is -1.10. The van der Waals surface area contributed by atoms with Crippen LogP contribution in [0.5, 0.6) is 5.75 Å². The number of hydrogen-bond acceptors (Lipinski definition) is 14. The van der Waals surface area contributed by atoms with Crippen molar-refractivity contribution in [3.05, 3.63) is 39.3 Å². The van der Waals surface area contributed by atoms with Gasteiger partial charge in [0, 0.05) is 24.4 Å². The Hall–Kier alpha value is -5.40. The quantitative estimate of drug-likeness (QED) is 0.0331. The molecule has 3 rings (SSSR count). The van der Waals surface area contributed by atoms with Crippen LogP contribution in [0, 0.1) is 5.92 Å². The lowest BCUT2D eigenvalue weighted by molar-refractivity contribution is -0.158. The van der Waals surface area contributed by atoms with E-state index in [9.17, 15) is 28.8 Å². The number of nitrogens with one attached hydrogen (secondary N) is 5. The zero-order valence-electron chi connectivity index (χ0n) is 35.3. The predicted molar refractivity (Wildman–Crippen MR) is 220 cm³/mol. The number of rotatable bonds is 24. The minimum atomic E-state index is -1.15. The third kappa shape index (κ3) is 16.4. The number of aromatic nitrogens is 2. The summed E-state index contributed by atoms with van der Waals surface area (Å²) in [4.78, 5) is 93.2. The maximum atomic E-state index is 13.8. The van der Waals surface area contributed by atoms with Crippen LogP contribution in [0.15, 0.2) is 27.6 Å². The number of thiazole rings is 1. The molecule has 0 spiro atoms. The van der Waals surface area contributed by atoms with Crippen molar-refractivity contribution in [1.29, 1.82) is 0 Å². The molecular formula is C39H60N8O11S. The molecule has 328 valence electrons. The summed E-state index contributed by atoms with van der Waals surface area (Å²) in [7, 11) is 0. The number of carbonyl (C=O) groups excluding carboxylic acids is 5. The van der Waals surface area contributed by atoms with Gasteiger partial charge in [-0.15, -0.1) is 11.3 Å². The Labute approximate surface area is 348 Å². The number of β-lactam (4-membered cyclic amide) rings is 1. The Kier molecular flexibility index (Phi) is 19.4. The van der Waals surface area contributed by atoms with Gasteiger partial charge in [0.2, 0.25) is 17.4 Å². The third-order valence-electron chi connectivity index (χ3n) is 8.29. The van der Waals surface area contributed by atoms with Gasteiger partial charge in [0.25, 0.3) is 5.91 Å². The first-order chi connectivity index (χ1) is 28.0. The van der Waals surface area contributed by atoms with E-state index in [0.717, 1.165) is 43.4 Å². The zero-order chi connectivity index (χ0) is 43.5. The molecule has 2 aromatic rings. The molecule has 3 atom stereocenters. The monoisotopic (exact) mass is 848 g/mol. The van der Waals surface area contributed by atoms with Crippen LogP contribution in [-0.4, -0.2) is 95.5 Å². The van der Waals surface area contributed by atoms with Crippen molar-refractivity contribution >= 4 is 52.1 Å². The Bertz CT molecular complexity index is 1810. The zero-order valence-corrected chi connectivity index (χ0v) is 36.1. The second-order valence-electron chi connectivity index (χ2n) is 15.2. The maximum Gasteiger partial charge on any atom is 0.413 e. The van der Waals surface area contributed by atoms with Gasteiger partial charge in [-0.3, -0.25) is 19.7 Å². The molecule has 20 heteroatoms. The van der Waals surface area contributed by atoms with Gasteiger partial charge in [-0.1, -0.05) is 59.0 Å². The highest BCUT2D eigenvalue weighted by Crippen LogP contribution is 2.20. The third-order valence-corrected chi connectivity index (χ3v) is 9.04. The van der Waals surface area contributed by atoms with Crippen LogP contribution < -0.4 is 41.6 Å². The van der Waals surface area contributed by atoms with Crippen molar-refractivity contribution in [2.75, 3.05) is 31.7 Å². The fraction of sp³-hybridized carbons (Fsp3) is 0.641. The number of hydrogen-bond donors (Lipinski definition) is 5. The SMILES string of the molecule is CCCCOC(=O)[C@H](CC(C)C)O/N=C(\C(=O)N[C@@H]1C(=O)N[C@@H]1CNC(=O)NCc1cc(=O)c(OCCCC)cn1OCCCC)c1csc(NC(=O)OC(C)(C)C)n1. The minimum absolute atomic E-state index is 0.00111. The van der Waals surface area contributed by atoms with E-state index in [2.05, 4.69) is 36.7 Å². The summed E-state index contributed by atoms with van der Waals surface area (Å²) in [5.41, 5.74) is -1.15. The molecule has 0 bridgehead atoms. The van der Waals surface area contributed by atoms with Gasteiger partial charge in [0.1, 0.15) is 23.9 Å². The van der Waals surface area contributed by atoms with Gasteiger partial charge in [0.15, 0.2) is 16.6 Å². The molecule has 1 aliphatic rings. The molecule has 2 aromatic heterocycles. The Morgan fingerprint density at radius 3 is 2.36 bits per heavy atom. The van der Waals surface area contributed by atoms with Gasteiger partial charge in [-0.25, -0.2) is 19.4 Å². The van der Waals surface area contributed by atoms with E-state index >= 15 is 0 Å². The Morgan fingerprint density at radius 1 is 1.00 bits per heavy atom.